The lowest BCUT2D eigenvalue weighted by molar-refractivity contribution is 1.04. The molecule has 0 saturated heterocycles. The fourth-order valence-corrected chi connectivity index (χ4v) is 8.40. The van der Waals surface area contributed by atoms with Gasteiger partial charge in [-0.25, -0.2) is 4.98 Å². The van der Waals surface area contributed by atoms with Crippen LogP contribution in [0.25, 0.3) is 94.3 Å². The second kappa shape index (κ2) is 13.2. The van der Waals surface area contributed by atoms with Crippen molar-refractivity contribution in [2.24, 2.45) is 0 Å². The minimum atomic E-state index is 0.841. The Labute approximate surface area is 324 Å². The topological polar surface area (TPSA) is 48.5 Å². The number of rotatable bonds is 6. The Kier molecular flexibility index (Phi) is 7.56. The van der Waals surface area contributed by atoms with Crippen LogP contribution >= 0.6 is 0 Å². The molecule has 0 bridgehead atoms. The molecule has 0 spiro atoms. The second-order valence-electron chi connectivity index (χ2n) is 14.4. The van der Waals surface area contributed by atoms with Crippen LogP contribution in [0.1, 0.15) is 18.5 Å². The average molecular weight is 718 g/mol. The lowest BCUT2D eigenvalue weighted by atomic mass is 10.0. The Bertz CT molecular complexity index is 3150. The molecule has 0 N–H and O–H groups in total. The largest absolute Gasteiger partial charge is 0.307 e. The van der Waals surface area contributed by atoms with E-state index in [2.05, 4.69) is 167 Å². The normalized spacial score (nSPS) is 12.9. The van der Waals surface area contributed by atoms with Crippen LogP contribution in [-0.4, -0.2) is 24.1 Å². The van der Waals surface area contributed by atoms with Gasteiger partial charge in [0.15, 0.2) is 0 Å². The molecule has 1 aliphatic rings. The van der Waals surface area contributed by atoms with Crippen LogP contribution in [0.4, 0.5) is 0 Å². The zero-order valence-electron chi connectivity index (χ0n) is 30.5. The highest BCUT2D eigenvalue weighted by Crippen LogP contribution is 2.42. The number of pyridine rings is 3. The predicted octanol–water partition coefficient (Wildman–Crippen LogP) is 12.8. The molecule has 0 aliphatic heterocycles. The summed E-state index contributed by atoms with van der Waals surface area (Å²) in [6, 6.07) is 56.0. The molecule has 1 aliphatic carbocycles. The van der Waals surface area contributed by atoms with E-state index in [-0.39, 0.29) is 0 Å². The van der Waals surface area contributed by atoms with Crippen LogP contribution in [0.2, 0.25) is 0 Å². The number of hydrogen-bond acceptors (Lipinski definition) is 3. The average Bonchev–Trinajstić information content (AvgIpc) is 3.80. The molecule has 56 heavy (non-hydrogen) atoms. The highest BCUT2D eigenvalue weighted by Gasteiger charge is 2.22. The van der Waals surface area contributed by atoms with Crippen molar-refractivity contribution in [2.75, 3.05) is 0 Å². The molecule has 0 saturated carbocycles. The summed E-state index contributed by atoms with van der Waals surface area (Å²) in [5, 5.41) is 4.83. The van der Waals surface area contributed by atoms with E-state index in [4.69, 9.17) is 15.0 Å². The first-order chi connectivity index (χ1) is 27.8. The van der Waals surface area contributed by atoms with Gasteiger partial charge in [-0.2, -0.15) is 0 Å². The molecule has 5 heterocycles. The molecular formula is C51H35N5. The van der Waals surface area contributed by atoms with E-state index in [0.717, 1.165) is 80.3 Å². The van der Waals surface area contributed by atoms with Gasteiger partial charge in [0.2, 0.25) is 0 Å². The first-order valence-electron chi connectivity index (χ1n) is 19.2. The first-order valence-corrected chi connectivity index (χ1v) is 19.2. The van der Waals surface area contributed by atoms with Crippen LogP contribution in [0.15, 0.2) is 188 Å². The molecule has 0 unspecified atom stereocenters. The van der Waals surface area contributed by atoms with Gasteiger partial charge in [0, 0.05) is 56.3 Å². The highest BCUT2D eigenvalue weighted by atomic mass is 15.0. The molecule has 0 amide bonds. The summed E-state index contributed by atoms with van der Waals surface area (Å²) >= 11 is 0. The Morgan fingerprint density at radius 1 is 0.411 bits per heavy atom. The van der Waals surface area contributed by atoms with Crippen molar-refractivity contribution < 1.29 is 0 Å². The summed E-state index contributed by atoms with van der Waals surface area (Å²) in [6.45, 7) is 0. The van der Waals surface area contributed by atoms with E-state index < -0.39 is 0 Å². The Morgan fingerprint density at radius 3 is 1.54 bits per heavy atom. The smallest absolute Gasteiger partial charge is 0.0788 e. The van der Waals surface area contributed by atoms with Crippen LogP contribution in [0.3, 0.4) is 0 Å². The number of hydrogen-bond donors (Lipinski definition) is 0. The Morgan fingerprint density at radius 2 is 0.964 bits per heavy atom. The van der Waals surface area contributed by atoms with E-state index in [1.165, 1.54) is 32.6 Å². The molecule has 5 aromatic carbocycles. The van der Waals surface area contributed by atoms with Crippen LogP contribution in [0, 0.1) is 0 Å². The Hall–Kier alpha value is -7.37. The molecule has 5 heteroatoms. The second-order valence-corrected chi connectivity index (χ2v) is 14.4. The quantitative estimate of drug-likeness (QED) is 0.172. The third-order valence-electron chi connectivity index (χ3n) is 11.0. The van der Waals surface area contributed by atoms with Gasteiger partial charge in [0.25, 0.3) is 0 Å². The number of fused-ring (bicyclic) bond motifs is 7. The highest BCUT2D eigenvalue weighted by molar-refractivity contribution is 6.23. The fraction of sp³-hybridized carbons (Fsp3) is 0.0392. The summed E-state index contributed by atoms with van der Waals surface area (Å²) in [6.07, 6.45) is 12.7. The molecule has 264 valence electrons. The third kappa shape index (κ3) is 5.28. The molecular weight excluding hydrogens is 683 g/mol. The van der Waals surface area contributed by atoms with E-state index in [1.807, 2.05) is 30.6 Å². The number of nitrogens with zero attached hydrogens (tertiary/aromatic N) is 5. The number of allylic oxidation sites excluding steroid dienone is 4. The number of para-hydroxylation sites is 3. The zero-order valence-corrected chi connectivity index (χ0v) is 30.5. The van der Waals surface area contributed by atoms with Gasteiger partial charge in [-0.15, -0.1) is 0 Å². The predicted molar refractivity (Wildman–Crippen MR) is 231 cm³/mol. The van der Waals surface area contributed by atoms with Gasteiger partial charge < -0.3 is 9.13 Å². The van der Waals surface area contributed by atoms with Crippen LogP contribution < -0.4 is 0 Å². The minimum Gasteiger partial charge on any atom is -0.307 e. The molecule has 0 fully saturated rings. The fourth-order valence-electron chi connectivity index (χ4n) is 8.40. The summed E-state index contributed by atoms with van der Waals surface area (Å²) in [7, 11) is 0. The van der Waals surface area contributed by atoms with E-state index in [0.29, 0.717) is 0 Å². The van der Waals surface area contributed by atoms with Gasteiger partial charge in [-0.05, 0) is 79.1 Å². The van der Waals surface area contributed by atoms with Crippen molar-refractivity contribution >= 4 is 49.2 Å². The standard InChI is InChI=1S/C51H35N5/c1-4-14-34(15-5-1)44-28-24-36(32-52-44)46-30-39(31-47(54-46)37-25-29-45(53-33-37)35-16-6-2-7-17-35)56-49-23-13-11-21-41(49)43-27-26-42-40-20-10-12-22-48(40)55(50(42)51(43)56)38-18-8-3-9-19-38/h1,3-6,8-33H,2,7H2. The maximum atomic E-state index is 5.32. The number of benzene rings is 5. The van der Waals surface area contributed by atoms with Gasteiger partial charge in [-0.3, -0.25) is 9.97 Å². The SMILES string of the molecule is C1=CC(c2ccc(-c3cc(-n4c5ccccc5c5ccc6c7ccccc7n(-c7ccccc7)c6c54)cc(-c4ccc(-c5ccccc5)nc4)n3)cn2)=CCC1. The van der Waals surface area contributed by atoms with Crippen molar-refractivity contribution in [3.05, 3.63) is 194 Å². The summed E-state index contributed by atoms with van der Waals surface area (Å²) in [5.41, 5.74) is 14.5. The van der Waals surface area contributed by atoms with E-state index >= 15 is 0 Å². The Balaban J connectivity index is 1.19. The van der Waals surface area contributed by atoms with Gasteiger partial charge in [-0.1, -0.05) is 115 Å². The maximum absolute atomic E-state index is 5.32. The molecule has 5 aromatic heterocycles. The lowest BCUT2D eigenvalue weighted by Crippen LogP contribution is -2.01. The lowest BCUT2D eigenvalue weighted by Gasteiger charge is -2.15. The summed E-state index contributed by atoms with van der Waals surface area (Å²) < 4.78 is 4.86. The minimum absolute atomic E-state index is 0.841. The molecule has 0 radical (unpaired) electrons. The van der Waals surface area contributed by atoms with Crippen LogP contribution in [0.5, 0.6) is 0 Å². The molecule has 5 nitrogen and oxygen atoms in total. The first kappa shape index (κ1) is 32.1. The molecule has 10 aromatic rings. The molecule has 11 rings (SSSR count). The van der Waals surface area contributed by atoms with Gasteiger partial charge >= 0.3 is 0 Å². The van der Waals surface area contributed by atoms with Crippen molar-refractivity contribution in [1.82, 2.24) is 24.1 Å². The van der Waals surface area contributed by atoms with E-state index in [9.17, 15) is 0 Å². The maximum Gasteiger partial charge on any atom is 0.0788 e. The van der Waals surface area contributed by atoms with E-state index in [1.54, 1.807) is 0 Å². The third-order valence-corrected chi connectivity index (χ3v) is 11.0. The van der Waals surface area contributed by atoms with Crippen molar-refractivity contribution in [3.63, 3.8) is 0 Å². The molecule has 0 atom stereocenters. The van der Waals surface area contributed by atoms with Crippen molar-refractivity contribution in [2.45, 2.75) is 12.8 Å². The van der Waals surface area contributed by atoms with Crippen molar-refractivity contribution in [3.8, 4) is 45.1 Å². The summed E-state index contributed by atoms with van der Waals surface area (Å²) in [4.78, 5) is 15.2. The summed E-state index contributed by atoms with van der Waals surface area (Å²) in [5.74, 6) is 0. The monoisotopic (exact) mass is 717 g/mol. The van der Waals surface area contributed by atoms with Gasteiger partial charge in [0.05, 0.1) is 50.5 Å². The van der Waals surface area contributed by atoms with Gasteiger partial charge in [0.1, 0.15) is 0 Å². The number of aromatic nitrogens is 5. The van der Waals surface area contributed by atoms with Crippen LogP contribution in [-0.2, 0) is 0 Å². The zero-order chi connectivity index (χ0) is 37.0. The van der Waals surface area contributed by atoms with Crippen molar-refractivity contribution in [1.29, 1.82) is 0 Å².